The number of para-hydroxylation sites is 4. The molecular weight excluding hydrogens is 717 g/mol. The van der Waals surface area contributed by atoms with E-state index in [9.17, 15) is 0 Å². The number of nitrogens with zero attached hydrogens (tertiary/aromatic N) is 5. The first-order valence-electron chi connectivity index (χ1n) is 19.9. The van der Waals surface area contributed by atoms with Crippen molar-refractivity contribution in [3.05, 3.63) is 175 Å². The lowest BCUT2D eigenvalue weighted by Gasteiger charge is -2.26. The number of aromatic nitrogens is 4. The maximum atomic E-state index is 5.36. The first-order valence-corrected chi connectivity index (χ1v) is 20.7. The number of benzene rings is 7. The van der Waals surface area contributed by atoms with Gasteiger partial charge in [-0.3, -0.25) is 0 Å². The number of aryl methyl sites for hydroxylation is 2. The van der Waals surface area contributed by atoms with Crippen LogP contribution in [0.2, 0.25) is 0 Å². The third kappa shape index (κ3) is 7.07. The van der Waals surface area contributed by atoms with Gasteiger partial charge in [0, 0.05) is 51.7 Å². The van der Waals surface area contributed by atoms with E-state index in [4.69, 9.17) is 13.7 Å². The van der Waals surface area contributed by atoms with Crippen molar-refractivity contribution in [2.45, 2.75) is 46.0 Å². The first kappa shape index (κ1) is 36.1. The van der Waals surface area contributed by atoms with Gasteiger partial charge in [0.2, 0.25) is 0 Å². The van der Waals surface area contributed by atoms with Gasteiger partial charge in [0.15, 0.2) is 0 Å². The van der Waals surface area contributed by atoms with Crippen molar-refractivity contribution in [2.24, 2.45) is 0 Å². The molecule has 0 saturated carbocycles. The van der Waals surface area contributed by atoms with E-state index in [1.807, 2.05) is 0 Å². The minimum atomic E-state index is 0.879. The molecule has 2 heterocycles. The Kier molecular flexibility index (Phi) is 10.3. The number of hydrogen-bond donors (Lipinski definition) is 1. The van der Waals surface area contributed by atoms with Crippen LogP contribution in [0.15, 0.2) is 164 Å². The number of unbranched alkanes of at least 4 members (excludes halogenated alkanes) is 1. The SMILES string of the molecule is CCCCc1nc2c(-c3ccc(N(c4ccccc4)c4ccccc4)cc3)c3nsnc3c(-c3ccc(N(c4ccccc4)c4ccccc4)cc3CCC)c2[nH]1. The lowest BCUT2D eigenvalue weighted by molar-refractivity contribution is 0.765. The van der Waals surface area contributed by atoms with Crippen LogP contribution in [0.25, 0.3) is 44.3 Å². The number of rotatable bonds is 13. The van der Waals surface area contributed by atoms with Gasteiger partial charge in [-0.15, -0.1) is 0 Å². The third-order valence-corrected chi connectivity index (χ3v) is 11.1. The van der Waals surface area contributed by atoms with Crippen molar-refractivity contribution in [1.29, 1.82) is 0 Å². The Morgan fingerprint density at radius 1 is 0.491 bits per heavy atom. The van der Waals surface area contributed by atoms with Crippen LogP contribution >= 0.6 is 11.7 Å². The molecule has 0 aliphatic rings. The van der Waals surface area contributed by atoms with Gasteiger partial charge < -0.3 is 14.8 Å². The fourth-order valence-electron chi connectivity index (χ4n) is 7.95. The summed E-state index contributed by atoms with van der Waals surface area (Å²) in [4.78, 5) is 13.8. The van der Waals surface area contributed by atoms with Crippen molar-refractivity contribution in [1.82, 2.24) is 18.7 Å². The summed E-state index contributed by atoms with van der Waals surface area (Å²) in [6, 6.07) is 58.0. The van der Waals surface area contributed by atoms with Gasteiger partial charge >= 0.3 is 0 Å². The molecule has 0 aliphatic heterocycles. The minimum Gasteiger partial charge on any atom is -0.341 e. The number of H-pyrrole nitrogens is 1. The Balaban J connectivity index is 1.21. The second kappa shape index (κ2) is 16.3. The Morgan fingerprint density at radius 2 is 0.982 bits per heavy atom. The van der Waals surface area contributed by atoms with Crippen LogP contribution in [0.1, 0.15) is 44.5 Å². The monoisotopic (exact) mass is 760 g/mol. The summed E-state index contributed by atoms with van der Waals surface area (Å²) < 4.78 is 10.1. The van der Waals surface area contributed by atoms with Crippen LogP contribution in [0, 0.1) is 0 Å². The van der Waals surface area contributed by atoms with Crippen LogP contribution in [0.4, 0.5) is 34.1 Å². The topological polar surface area (TPSA) is 60.9 Å². The number of aromatic amines is 1. The van der Waals surface area contributed by atoms with Crippen LogP contribution in [-0.2, 0) is 12.8 Å². The minimum absolute atomic E-state index is 0.879. The highest BCUT2D eigenvalue weighted by Gasteiger charge is 2.25. The fraction of sp³-hybridized carbons (Fsp3) is 0.140. The summed E-state index contributed by atoms with van der Waals surface area (Å²) in [6.07, 6.45) is 4.96. The molecule has 0 atom stereocenters. The molecule has 0 amide bonds. The van der Waals surface area contributed by atoms with E-state index in [1.165, 1.54) is 22.9 Å². The number of anilines is 6. The Bertz CT molecular complexity index is 2650. The quantitative estimate of drug-likeness (QED) is 0.127. The maximum Gasteiger partial charge on any atom is 0.115 e. The Labute approximate surface area is 338 Å². The standard InChI is InChI=1S/C50H44N6S/c1-3-5-27-44-51-47-45(35-28-30-41(31-29-35)55(37-19-10-6-11-20-37)38-21-12-7-13-22-38)49-50(54-57-53-49)46(48(47)52-44)43-33-32-42(34-36(43)18-4-2)56(39-23-14-8-15-24-39)40-25-16-9-17-26-40/h6-17,19-26,28-34H,3-5,18,27H2,1-2H3,(H,51,52). The van der Waals surface area contributed by atoms with E-state index in [0.29, 0.717) is 0 Å². The molecule has 2 aromatic heterocycles. The summed E-state index contributed by atoms with van der Waals surface area (Å²) in [6.45, 7) is 4.48. The molecular formula is C50H44N6S. The molecule has 6 nitrogen and oxygen atoms in total. The van der Waals surface area contributed by atoms with Gasteiger partial charge in [0.25, 0.3) is 0 Å². The number of imidazole rings is 1. The molecule has 0 aliphatic carbocycles. The van der Waals surface area contributed by atoms with E-state index in [1.54, 1.807) is 0 Å². The van der Waals surface area contributed by atoms with E-state index in [0.717, 1.165) is 111 Å². The molecule has 57 heavy (non-hydrogen) atoms. The summed E-state index contributed by atoms with van der Waals surface area (Å²) in [5, 5.41) is 0. The molecule has 0 unspecified atom stereocenters. The van der Waals surface area contributed by atoms with Crippen LogP contribution in [0.3, 0.4) is 0 Å². The molecule has 0 bridgehead atoms. The largest absolute Gasteiger partial charge is 0.341 e. The maximum absolute atomic E-state index is 5.36. The highest BCUT2D eigenvalue weighted by molar-refractivity contribution is 7.00. The second-order valence-corrected chi connectivity index (χ2v) is 14.9. The van der Waals surface area contributed by atoms with E-state index >= 15 is 0 Å². The average molecular weight is 761 g/mol. The van der Waals surface area contributed by atoms with Crippen LogP contribution < -0.4 is 9.80 Å². The van der Waals surface area contributed by atoms with Crippen LogP contribution in [-0.4, -0.2) is 18.7 Å². The summed E-state index contributed by atoms with van der Waals surface area (Å²) in [5.74, 6) is 0.995. The molecule has 0 radical (unpaired) electrons. The first-order chi connectivity index (χ1) is 28.2. The predicted molar refractivity (Wildman–Crippen MR) is 240 cm³/mol. The zero-order valence-corrected chi connectivity index (χ0v) is 33.1. The van der Waals surface area contributed by atoms with E-state index in [2.05, 4.69) is 192 Å². The van der Waals surface area contributed by atoms with E-state index in [-0.39, 0.29) is 0 Å². The third-order valence-electron chi connectivity index (χ3n) is 10.6. The van der Waals surface area contributed by atoms with Crippen molar-refractivity contribution in [3.63, 3.8) is 0 Å². The van der Waals surface area contributed by atoms with Gasteiger partial charge in [-0.2, -0.15) is 8.75 Å². The number of nitrogens with one attached hydrogen (secondary N) is 1. The summed E-state index contributed by atoms with van der Waals surface area (Å²) in [5.41, 5.74) is 16.0. The Hall–Kier alpha value is -6.57. The molecule has 0 fully saturated rings. The zero-order valence-electron chi connectivity index (χ0n) is 32.3. The smallest absolute Gasteiger partial charge is 0.115 e. The molecule has 0 saturated heterocycles. The Morgan fingerprint density at radius 3 is 1.51 bits per heavy atom. The highest BCUT2D eigenvalue weighted by atomic mass is 32.1. The van der Waals surface area contributed by atoms with E-state index < -0.39 is 0 Å². The van der Waals surface area contributed by atoms with Crippen molar-refractivity contribution < 1.29 is 0 Å². The number of hydrogen-bond acceptors (Lipinski definition) is 6. The second-order valence-electron chi connectivity index (χ2n) is 14.4. The number of fused-ring (bicyclic) bond motifs is 2. The predicted octanol–water partition coefficient (Wildman–Crippen LogP) is 14.1. The fourth-order valence-corrected chi connectivity index (χ4v) is 8.51. The summed E-state index contributed by atoms with van der Waals surface area (Å²) in [7, 11) is 0. The lowest BCUT2D eigenvalue weighted by atomic mass is 9.91. The molecule has 7 aromatic carbocycles. The van der Waals surface area contributed by atoms with Crippen molar-refractivity contribution >= 4 is 67.9 Å². The van der Waals surface area contributed by atoms with Gasteiger partial charge in [-0.25, -0.2) is 4.98 Å². The molecule has 0 spiro atoms. The summed E-state index contributed by atoms with van der Waals surface area (Å²) >= 11 is 1.27. The van der Waals surface area contributed by atoms with Crippen LogP contribution in [0.5, 0.6) is 0 Å². The van der Waals surface area contributed by atoms with Crippen molar-refractivity contribution in [3.8, 4) is 22.3 Å². The molecule has 280 valence electrons. The molecule has 9 rings (SSSR count). The highest BCUT2D eigenvalue weighted by Crippen LogP contribution is 2.45. The van der Waals surface area contributed by atoms with Gasteiger partial charge in [0.05, 0.1) is 22.8 Å². The lowest BCUT2D eigenvalue weighted by Crippen LogP contribution is -2.10. The zero-order chi connectivity index (χ0) is 38.6. The van der Waals surface area contributed by atoms with Gasteiger partial charge in [0.1, 0.15) is 16.9 Å². The molecule has 1 N–H and O–H groups in total. The van der Waals surface area contributed by atoms with Gasteiger partial charge in [-0.1, -0.05) is 118 Å². The molecule has 7 heteroatoms. The normalized spacial score (nSPS) is 11.3. The van der Waals surface area contributed by atoms with Gasteiger partial charge in [-0.05, 0) is 102 Å². The van der Waals surface area contributed by atoms with Crippen molar-refractivity contribution in [2.75, 3.05) is 9.80 Å². The average Bonchev–Trinajstić information content (AvgIpc) is 3.92. The molecule has 9 aromatic rings.